The number of fused-ring (bicyclic) bond motifs is 1. The van der Waals surface area contributed by atoms with E-state index >= 15 is 0 Å². The maximum Gasteiger partial charge on any atom is 0.253 e. The van der Waals surface area contributed by atoms with E-state index in [2.05, 4.69) is 37.0 Å². The first kappa shape index (κ1) is 24.7. The number of aromatic nitrogens is 2. The number of piperazine rings is 1. The standard InChI is InChI=1S/C27H36N6O3/c1-31-8-10-33(11-9-31)14-17-36-23-4-2-21(3-5-23)22-18-24-25(20-30-26(24)29-19-22)27(34)28-6-7-32-12-15-35-16-13-32/h2-5,18-20H,6-17H2,1H3,(H,28,34)(H,29,30). The molecule has 3 aromatic rings. The molecule has 0 saturated carbocycles. The highest BCUT2D eigenvalue weighted by Gasteiger charge is 2.16. The van der Waals surface area contributed by atoms with E-state index in [1.54, 1.807) is 6.20 Å². The number of carbonyl (C=O) groups is 1. The van der Waals surface area contributed by atoms with E-state index in [1.165, 1.54) is 0 Å². The van der Waals surface area contributed by atoms with Crippen molar-refractivity contribution in [3.8, 4) is 16.9 Å². The quantitative estimate of drug-likeness (QED) is 0.472. The predicted molar refractivity (Wildman–Crippen MR) is 141 cm³/mol. The molecule has 2 fully saturated rings. The lowest BCUT2D eigenvalue weighted by atomic mass is 10.1. The van der Waals surface area contributed by atoms with Crippen molar-refractivity contribution >= 4 is 16.9 Å². The number of pyridine rings is 1. The topological polar surface area (TPSA) is 86.0 Å². The zero-order valence-electron chi connectivity index (χ0n) is 21.0. The summed E-state index contributed by atoms with van der Waals surface area (Å²) in [6, 6.07) is 10.1. The Labute approximate surface area is 212 Å². The molecule has 5 rings (SSSR count). The van der Waals surface area contributed by atoms with Crippen molar-refractivity contribution in [2.24, 2.45) is 0 Å². The lowest BCUT2D eigenvalue weighted by Crippen LogP contribution is -2.45. The zero-order valence-corrected chi connectivity index (χ0v) is 21.0. The van der Waals surface area contributed by atoms with Crippen LogP contribution in [0.4, 0.5) is 0 Å². The molecule has 0 bridgehead atoms. The fraction of sp³-hybridized carbons (Fsp3) is 0.481. The minimum Gasteiger partial charge on any atom is -0.492 e. The SMILES string of the molecule is CN1CCN(CCOc2ccc(-c3cnc4[nH]cc(C(=O)NCCN5CCOCC5)c4c3)cc2)CC1. The highest BCUT2D eigenvalue weighted by atomic mass is 16.5. The molecule has 1 amide bonds. The van der Waals surface area contributed by atoms with Crippen molar-refractivity contribution in [1.29, 1.82) is 0 Å². The van der Waals surface area contributed by atoms with Crippen molar-refractivity contribution in [3.63, 3.8) is 0 Å². The van der Waals surface area contributed by atoms with Gasteiger partial charge in [-0.3, -0.25) is 14.6 Å². The summed E-state index contributed by atoms with van der Waals surface area (Å²) < 4.78 is 11.4. The Bertz CT molecular complexity index is 1130. The van der Waals surface area contributed by atoms with Crippen LogP contribution >= 0.6 is 0 Å². The lowest BCUT2D eigenvalue weighted by Gasteiger charge is -2.32. The van der Waals surface area contributed by atoms with Crippen LogP contribution in [0.15, 0.2) is 42.7 Å². The van der Waals surface area contributed by atoms with Gasteiger partial charge >= 0.3 is 0 Å². The first-order chi connectivity index (χ1) is 17.7. The molecule has 2 N–H and O–H groups in total. The number of likely N-dealkylation sites (N-methyl/N-ethyl adjacent to an activating group) is 1. The predicted octanol–water partition coefficient (Wildman–Crippen LogP) is 1.92. The maximum absolute atomic E-state index is 12.9. The third kappa shape index (κ3) is 6.22. The summed E-state index contributed by atoms with van der Waals surface area (Å²) in [6.45, 7) is 10.8. The fourth-order valence-corrected chi connectivity index (χ4v) is 4.70. The number of nitrogens with one attached hydrogen (secondary N) is 2. The maximum atomic E-state index is 12.9. The molecule has 2 saturated heterocycles. The van der Waals surface area contributed by atoms with Gasteiger partial charge in [-0.25, -0.2) is 4.98 Å². The number of hydrogen-bond donors (Lipinski definition) is 2. The molecule has 0 radical (unpaired) electrons. The molecule has 2 aromatic heterocycles. The van der Waals surface area contributed by atoms with Gasteiger partial charge in [-0.05, 0) is 30.8 Å². The highest BCUT2D eigenvalue weighted by Crippen LogP contribution is 2.26. The van der Waals surface area contributed by atoms with Gasteiger partial charge in [0.05, 0.1) is 18.8 Å². The Hall–Kier alpha value is -2.98. The van der Waals surface area contributed by atoms with Gasteiger partial charge in [0.2, 0.25) is 0 Å². The van der Waals surface area contributed by atoms with Crippen molar-refractivity contribution < 1.29 is 14.3 Å². The van der Waals surface area contributed by atoms with Gasteiger partial charge in [0.1, 0.15) is 18.0 Å². The number of amides is 1. The van der Waals surface area contributed by atoms with Crippen LogP contribution in [0.25, 0.3) is 22.2 Å². The van der Waals surface area contributed by atoms with Crippen molar-refractivity contribution in [2.45, 2.75) is 0 Å². The van der Waals surface area contributed by atoms with Gasteiger partial charge in [-0.2, -0.15) is 0 Å². The molecule has 0 spiro atoms. The van der Waals surface area contributed by atoms with Gasteiger partial charge in [-0.1, -0.05) is 12.1 Å². The number of benzene rings is 1. The smallest absolute Gasteiger partial charge is 0.253 e. The van der Waals surface area contributed by atoms with Crippen LogP contribution in [-0.4, -0.2) is 116 Å². The molecule has 4 heterocycles. The second-order valence-corrected chi connectivity index (χ2v) is 9.55. The molecule has 2 aliphatic heterocycles. The minimum atomic E-state index is -0.0856. The monoisotopic (exact) mass is 492 g/mol. The minimum absolute atomic E-state index is 0.0856. The van der Waals surface area contributed by atoms with Crippen LogP contribution in [0, 0.1) is 0 Å². The summed E-state index contributed by atoms with van der Waals surface area (Å²) in [5, 5.41) is 3.87. The van der Waals surface area contributed by atoms with Crippen LogP contribution in [0.5, 0.6) is 5.75 Å². The largest absolute Gasteiger partial charge is 0.492 e. The molecule has 2 aliphatic rings. The Morgan fingerprint density at radius 3 is 2.56 bits per heavy atom. The average Bonchev–Trinajstić information content (AvgIpc) is 3.34. The van der Waals surface area contributed by atoms with E-state index in [-0.39, 0.29) is 5.91 Å². The van der Waals surface area contributed by atoms with Crippen molar-refractivity contribution in [3.05, 3.63) is 48.3 Å². The summed E-state index contributed by atoms with van der Waals surface area (Å²) in [5.41, 5.74) is 3.33. The third-order valence-electron chi connectivity index (χ3n) is 7.05. The van der Waals surface area contributed by atoms with E-state index in [0.29, 0.717) is 24.4 Å². The van der Waals surface area contributed by atoms with Gasteiger partial charge in [0.15, 0.2) is 0 Å². The van der Waals surface area contributed by atoms with Gasteiger partial charge < -0.3 is 24.7 Å². The molecule has 0 atom stereocenters. The van der Waals surface area contributed by atoms with Gasteiger partial charge in [0, 0.05) is 82.2 Å². The van der Waals surface area contributed by atoms with Crippen LogP contribution in [0.2, 0.25) is 0 Å². The summed E-state index contributed by atoms with van der Waals surface area (Å²) in [7, 11) is 2.17. The molecule has 192 valence electrons. The van der Waals surface area contributed by atoms with Crippen LogP contribution in [-0.2, 0) is 4.74 Å². The van der Waals surface area contributed by atoms with E-state index in [9.17, 15) is 4.79 Å². The summed E-state index contributed by atoms with van der Waals surface area (Å²) >= 11 is 0. The molecule has 36 heavy (non-hydrogen) atoms. The molecule has 0 unspecified atom stereocenters. The Kier molecular flexibility index (Phi) is 8.12. The van der Waals surface area contributed by atoms with E-state index in [1.807, 2.05) is 36.5 Å². The number of carbonyl (C=O) groups excluding carboxylic acids is 1. The number of hydrogen-bond acceptors (Lipinski definition) is 7. The van der Waals surface area contributed by atoms with E-state index in [4.69, 9.17) is 9.47 Å². The summed E-state index contributed by atoms with van der Waals surface area (Å²) in [4.78, 5) is 27.6. The van der Waals surface area contributed by atoms with E-state index in [0.717, 1.165) is 87.8 Å². The van der Waals surface area contributed by atoms with Gasteiger partial charge in [-0.15, -0.1) is 0 Å². The van der Waals surface area contributed by atoms with Crippen LogP contribution in [0.3, 0.4) is 0 Å². The number of nitrogens with zero attached hydrogens (tertiary/aromatic N) is 4. The average molecular weight is 493 g/mol. The normalized spacial score (nSPS) is 17.9. The first-order valence-corrected chi connectivity index (χ1v) is 12.9. The van der Waals surface area contributed by atoms with Crippen LogP contribution < -0.4 is 10.1 Å². The Morgan fingerprint density at radius 2 is 1.78 bits per heavy atom. The first-order valence-electron chi connectivity index (χ1n) is 12.9. The molecule has 0 aliphatic carbocycles. The number of ether oxygens (including phenoxy) is 2. The van der Waals surface area contributed by atoms with E-state index < -0.39 is 0 Å². The van der Waals surface area contributed by atoms with Crippen molar-refractivity contribution in [1.82, 2.24) is 30.0 Å². The number of rotatable bonds is 9. The second-order valence-electron chi connectivity index (χ2n) is 9.55. The van der Waals surface area contributed by atoms with Crippen LogP contribution in [0.1, 0.15) is 10.4 Å². The number of H-pyrrole nitrogens is 1. The third-order valence-corrected chi connectivity index (χ3v) is 7.05. The highest BCUT2D eigenvalue weighted by molar-refractivity contribution is 6.06. The molecule has 1 aromatic carbocycles. The second kappa shape index (κ2) is 11.8. The molecule has 9 heteroatoms. The molecule has 9 nitrogen and oxygen atoms in total. The molecular formula is C27H36N6O3. The summed E-state index contributed by atoms with van der Waals surface area (Å²) in [5.74, 6) is 0.779. The Morgan fingerprint density at radius 1 is 1.03 bits per heavy atom. The van der Waals surface area contributed by atoms with Crippen molar-refractivity contribution in [2.75, 3.05) is 85.8 Å². The Balaban J connectivity index is 1.17. The van der Waals surface area contributed by atoms with Gasteiger partial charge in [0.25, 0.3) is 5.91 Å². The number of morpholine rings is 1. The lowest BCUT2D eigenvalue weighted by molar-refractivity contribution is 0.0383. The zero-order chi connectivity index (χ0) is 24.7. The summed E-state index contributed by atoms with van der Waals surface area (Å²) in [6.07, 6.45) is 3.57. The number of aromatic amines is 1. The fourth-order valence-electron chi connectivity index (χ4n) is 4.70. The molecular weight excluding hydrogens is 456 g/mol.